The SMILES string of the molecule is C=CC(=O)Nc1c(OC)ccc2ccc(-c3cc(NC(=O)C4CCN(C)CC4)ccn3)cc12. The lowest BCUT2D eigenvalue weighted by Crippen LogP contribution is -2.35. The Balaban J connectivity index is 1.63. The summed E-state index contributed by atoms with van der Waals surface area (Å²) in [5, 5.41) is 7.67. The Hall–Kier alpha value is -3.71. The number of aromatic nitrogens is 1. The number of fused-ring (bicyclic) bond motifs is 1. The van der Waals surface area contributed by atoms with Crippen molar-refractivity contribution in [2.45, 2.75) is 12.8 Å². The van der Waals surface area contributed by atoms with E-state index in [1.165, 1.54) is 6.08 Å². The van der Waals surface area contributed by atoms with Crippen LogP contribution in [-0.2, 0) is 9.59 Å². The number of ether oxygens (including phenoxy) is 1. The maximum atomic E-state index is 12.7. The number of piperidine rings is 1. The Labute approximate surface area is 193 Å². The summed E-state index contributed by atoms with van der Waals surface area (Å²) in [5.41, 5.74) is 2.88. The van der Waals surface area contributed by atoms with Gasteiger partial charge in [-0.3, -0.25) is 14.6 Å². The summed E-state index contributed by atoms with van der Waals surface area (Å²) in [5.74, 6) is 0.324. The molecule has 1 aliphatic heterocycles. The maximum absolute atomic E-state index is 12.7. The third kappa shape index (κ3) is 5.04. The highest BCUT2D eigenvalue weighted by Gasteiger charge is 2.23. The van der Waals surface area contributed by atoms with Gasteiger partial charge < -0.3 is 20.3 Å². The predicted octanol–water partition coefficient (Wildman–Crippen LogP) is 4.32. The van der Waals surface area contributed by atoms with Gasteiger partial charge in [0.2, 0.25) is 11.8 Å². The largest absolute Gasteiger partial charge is 0.495 e. The highest BCUT2D eigenvalue weighted by atomic mass is 16.5. The Bertz CT molecular complexity index is 1200. The number of amides is 2. The third-order valence-corrected chi connectivity index (χ3v) is 6.05. The summed E-state index contributed by atoms with van der Waals surface area (Å²) in [7, 11) is 3.64. The molecular weight excluding hydrogens is 416 g/mol. The van der Waals surface area contributed by atoms with E-state index >= 15 is 0 Å². The van der Waals surface area contributed by atoms with Gasteiger partial charge in [-0.05, 0) is 68.7 Å². The van der Waals surface area contributed by atoms with Gasteiger partial charge in [0.05, 0.1) is 18.5 Å². The predicted molar refractivity (Wildman–Crippen MR) is 131 cm³/mol. The van der Waals surface area contributed by atoms with Gasteiger partial charge in [0.25, 0.3) is 0 Å². The minimum atomic E-state index is -0.317. The molecule has 2 N–H and O–H groups in total. The quantitative estimate of drug-likeness (QED) is 0.554. The molecule has 0 saturated carbocycles. The van der Waals surface area contributed by atoms with Crippen molar-refractivity contribution in [2.24, 2.45) is 5.92 Å². The fourth-order valence-corrected chi connectivity index (χ4v) is 4.11. The number of carbonyl (C=O) groups is 2. The molecule has 2 amide bonds. The van der Waals surface area contributed by atoms with Gasteiger partial charge in [-0.1, -0.05) is 24.8 Å². The summed E-state index contributed by atoms with van der Waals surface area (Å²) in [4.78, 5) is 31.5. The number of methoxy groups -OCH3 is 1. The average Bonchev–Trinajstić information content (AvgIpc) is 2.84. The molecule has 0 bridgehead atoms. The zero-order chi connectivity index (χ0) is 23.4. The van der Waals surface area contributed by atoms with Crippen LogP contribution in [0.3, 0.4) is 0 Å². The highest BCUT2D eigenvalue weighted by Crippen LogP contribution is 2.36. The monoisotopic (exact) mass is 444 g/mol. The number of likely N-dealkylation sites (tertiary alicyclic amines) is 1. The Morgan fingerprint density at radius 1 is 1.12 bits per heavy atom. The summed E-state index contributed by atoms with van der Waals surface area (Å²) >= 11 is 0. The number of nitrogens with zero attached hydrogens (tertiary/aromatic N) is 2. The molecule has 1 aromatic heterocycles. The van der Waals surface area contributed by atoms with Gasteiger partial charge in [-0.15, -0.1) is 0 Å². The Kier molecular flexibility index (Phi) is 6.70. The van der Waals surface area contributed by atoms with Crippen LogP contribution in [0.2, 0.25) is 0 Å². The molecule has 4 rings (SSSR count). The van der Waals surface area contributed by atoms with Crippen molar-refractivity contribution >= 4 is 34.0 Å². The second-order valence-electron chi connectivity index (χ2n) is 8.27. The molecule has 0 spiro atoms. The van der Waals surface area contributed by atoms with E-state index in [4.69, 9.17) is 4.74 Å². The topological polar surface area (TPSA) is 83.6 Å². The number of hydrogen-bond donors (Lipinski definition) is 2. The zero-order valence-electron chi connectivity index (χ0n) is 18.9. The smallest absolute Gasteiger partial charge is 0.247 e. The van der Waals surface area contributed by atoms with E-state index in [1.807, 2.05) is 36.4 Å². The van der Waals surface area contributed by atoms with Gasteiger partial charge in [0.1, 0.15) is 5.75 Å². The second-order valence-corrected chi connectivity index (χ2v) is 8.27. The lowest BCUT2D eigenvalue weighted by molar-refractivity contribution is -0.121. The lowest BCUT2D eigenvalue weighted by atomic mass is 9.96. The van der Waals surface area contributed by atoms with Crippen molar-refractivity contribution < 1.29 is 14.3 Å². The summed E-state index contributed by atoms with van der Waals surface area (Å²) in [6, 6.07) is 13.3. The number of carbonyl (C=O) groups excluding carboxylic acids is 2. The molecule has 33 heavy (non-hydrogen) atoms. The van der Waals surface area contributed by atoms with Crippen molar-refractivity contribution in [3.05, 3.63) is 61.3 Å². The van der Waals surface area contributed by atoms with Crippen LogP contribution in [0.1, 0.15) is 12.8 Å². The first-order chi connectivity index (χ1) is 16.0. The third-order valence-electron chi connectivity index (χ3n) is 6.05. The summed E-state index contributed by atoms with van der Waals surface area (Å²) in [6.45, 7) is 5.40. The first-order valence-electron chi connectivity index (χ1n) is 11.0. The van der Waals surface area contributed by atoms with Crippen molar-refractivity contribution in [3.63, 3.8) is 0 Å². The normalized spacial score (nSPS) is 14.6. The number of pyridine rings is 1. The molecule has 170 valence electrons. The van der Waals surface area contributed by atoms with Gasteiger partial charge in [-0.25, -0.2) is 0 Å². The van der Waals surface area contributed by atoms with Crippen LogP contribution >= 0.6 is 0 Å². The van der Waals surface area contributed by atoms with Crippen LogP contribution < -0.4 is 15.4 Å². The minimum Gasteiger partial charge on any atom is -0.495 e. The standard InChI is InChI=1S/C26H28N4O3/c1-4-24(31)29-25-21-15-19(6-5-17(21)7-8-23(25)33-3)22-16-20(9-12-27-22)28-26(32)18-10-13-30(2)14-11-18/h4-9,12,15-16,18H,1,10-11,13-14H2,2-3H3,(H,29,31)(H,27,28,32). The lowest BCUT2D eigenvalue weighted by Gasteiger charge is -2.28. The molecular formula is C26H28N4O3. The number of nitrogens with one attached hydrogen (secondary N) is 2. The van der Waals surface area contributed by atoms with Crippen LogP contribution in [0.5, 0.6) is 5.75 Å². The molecule has 1 fully saturated rings. The molecule has 1 aliphatic rings. The van der Waals surface area contributed by atoms with E-state index in [0.717, 1.165) is 53.6 Å². The molecule has 7 heteroatoms. The second kappa shape index (κ2) is 9.83. The molecule has 7 nitrogen and oxygen atoms in total. The van der Waals surface area contributed by atoms with E-state index in [0.29, 0.717) is 11.4 Å². The number of hydrogen-bond acceptors (Lipinski definition) is 5. The first kappa shape index (κ1) is 22.5. The van der Waals surface area contributed by atoms with E-state index < -0.39 is 0 Å². The van der Waals surface area contributed by atoms with E-state index in [2.05, 4.69) is 34.1 Å². The molecule has 3 aromatic rings. The minimum absolute atomic E-state index is 0.0296. The molecule has 0 radical (unpaired) electrons. The van der Waals surface area contributed by atoms with Crippen LogP contribution in [0.25, 0.3) is 22.0 Å². The molecule has 2 heterocycles. The zero-order valence-corrected chi connectivity index (χ0v) is 18.9. The van der Waals surface area contributed by atoms with Gasteiger partial charge >= 0.3 is 0 Å². The fraction of sp³-hybridized carbons (Fsp3) is 0.269. The van der Waals surface area contributed by atoms with Crippen molar-refractivity contribution in [3.8, 4) is 17.0 Å². The van der Waals surface area contributed by atoms with Crippen LogP contribution in [0.4, 0.5) is 11.4 Å². The fourth-order valence-electron chi connectivity index (χ4n) is 4.11. The molecule has 1 saturated heterocycles. The van der Waals surface area contributed by atoms with Gasteiger partial charge in [0, 0.05) is 28.8 Å². The van der Waals surface area contributed by atoms with Crippen LogP contribution in [-0.4, -0.2) is 48.9 Å². The molecule has 0 unspecified atom stereocenters. The highest BCUT2D eigenvalue weighted by molar-refractivity contribution is 6.08. The van der Waals surface area contributed by atoms with Crippen molar-refractivity contribution in [1.82, 2.24) is 9.88 Å². The molecule has 2 aromatic carbocycles. The van der Waals surface area contributed by atoms with Crippen molar-refractivity contribution in [2.75, 3.05) is 37.9 Å². The Morgan fingerprint density at radius 2 is 1.88 bits per heavy atom. The molecule has 0 atom stereocenters. The number of rotatable bonds is 6. The van der Waals surface area contributed by atoms with Crippen molar-refractivity contribution in [1.29, 1.82) is 0 Å². The maximum Gasteiger partial charge on any atom is 0.247 e. The van der Waals surface area contributed by atoms with E-state index in [-0.39, 0.29) is 17.7 Å². The first-order valence-corrected chi connectivity index (χ1v) is 11.0. The number of benzene rings is 2. The van der Waals surface area contributed by atoms with Crippen LogP contribution in [0.15, 0.2) is 61.3 Å². The van der Waals surface area contributed by atoms with Gasteiger partial charge in [-0.2, -0.15) is 0 Å². The van der Waals surface area contributed by atoms with Crippen LogP contribution in [0, 0.1) is 5.92 Å². The summed E-state index contributed by atoms with van der Waals surface area (Å²) < 4.78 is 5.46. The van der Waals surface area contributed by atoms with E-state index in [1.54, 1.807) is 19.4 Å². The Morgan fingerprint density at radius 3 is 2.61 bits per heavy atom. The van der Waals surface area contributed by atoms with Gasteiger partial charge in [0.15, 0.2) is 0 Å². The molecule has 0 aliphatic carbocycles. The van der Waals surface area contributed by atoms with E-state index in [9.17, 15) is 9.59 Å². The summed E-state index contributed by atoms with van der Waals surface area (Å²) in [6.07, 6.45) is 4.65. The average molecular weight is 445 g/mol. The number of anilines is 2.